The lowest BCUT2D eigenvalue weighted by Gasteiger charge is -1.97. The molecule has 0 aliphatic carbocycles. The van der Waals surface area contributed by atoms with E-state index in [0.29, 0.717) is 0 Å². The van der Waals surface area contributed by atoms with Gasteiger partial charge >= 0.3 is 0 Å². The Morgan fingerprint density at radius 3 is 2.40 bits per heavy atom. The maximum Gasteiger partial charge on any atom is 0.113 e. The molecule has 2 aromatic rings. The van der Waals surface area contributed by atoms with Gasteiger partial charge in [-0.05, 0) is 6.92 Å². The molecule has 3 nitrogen and oxygen atoms in total. The third-order valence-corrected chi connectivity index (χ3v) is 3.77. The van der Waals surface area contributed by atoms with Crippen molar-refractivity contribution in [2.24, 2.45) is 0 Å². The molecule has 2 heterocycles. The molecule has 0 radical (unpaired) electrons. The summed E-state index contributed by atoms with van der Waals surface area (Å²) in [6, 6.07) is 0. The lowest BCUT2D eigenvalue weighted by atomic mass is 10.6. The van der Waals surface area contributed by atoms with E-state index in [9.17, 15) is 0 Å². The smallest absolute Gasteiger partial charge is 0.113 e. The van der Waals surface area contributed by atoms with Crippen molar-refractivity contribution in [2.45, 2.75) is 20.0 Å². The highest BCUT2D eigenvalue weighted by Gasteiger charge is 2.01. The van der Waals surface area contributed by atoms with Gasteiger partial charge in [0.05, 0.1) is 6.20 Å². The molecular weight excluding hydrogens is 250 g/mol. The lowest BCUT2D eigenvalue weighted by molar-refractivity contribution is 0.686. The zero-order valence-corrected chi connectivity index (χ0v) is 10.5. The van der Waals surface area contributed by atoms with E-state index in [2.05, 4.69) is 22.2 Å². The second kappa shape index (κ2) is 5.03. The fourth-order valence-electron chi connectivity index (χ4n) is 1.13. The minimum Gasteiger partial charge on any atom is -0.304 e. The zero-order valence-electron chi connectivity index (χ0n) is 8.16. The van der Waals surface area contributed by atoms with Gasteiger partial charge in [0.15, 0.2) is 0 Å². The first-order valence-corrected chi connectivity index (χ1v) is 6.47. The van der Waals surface area contributed by atoms with E-state index in [0.717, 1.165) is 27.4 Å². The number of hydrogen-bond acceptors (Lipinski definition) is 5. The molecule has 0 bridgehead atoms. The summed E-state index contributed by atoms with van der Waals surface area (Å²) in [4.78, 5) is 9.66. The summed E-state index contributed by atoms with van der Waals surface area (Å²) in [5, 5.41) is 5.40. The van der Waals surface area contributed by atoms with E-state index in [-0.39, 0.29) is 0 Å². The topological polar surface area (TPSA) is 37.8 Å². The van der Waals surface area contributed by atoms with E-state index in [1.54, 1.807) is 17.5 Å². The molecule has 0 saturated heterocycles. The van der Waals surface area contributed by atoms with Crippen molar-refractivity contribution in [2.75, 3.05) is 0 Å². The van der Waals surface area contributed by atoms with Crippen molar-refractivity contribution >= 4 is 34.3 Å². The zero-order chi connectivity index (χ0) is 10.7. The van der Waals surface area contributed by atoms with Crippen LogP contribution in [0.5, 0.6) is 0 Å². The Balaban J connectivity index is 1.80. The molecule has 15 heavy (non-hydrogen) atoms. The highest BCUT2D eigenvalue weighted by Crippen LogP contribution is 2.18. The number of hydrogen-bond donors (Lipinski definition) is 1. The average molecular weight is 260 g/mol. The Kier molecular flexibility index (Phi) is 3.69. The first kappa shape index (κ1) is 11.0. The number of thiazole rings is 2. The molecule has 0 aliphatic heterocycles. The standard InChI is InChI=1S/C9H10ClN3S2/c1-6-2-12-8(14-6)4-11-5-9-13-3-7(10)15-9/h2-3,11H,4-5H2,1H3. The molecular formula is C9H10ClN3S2. The lowest BCUT2D eigenvalue weighted by Crippen LogP contribution is -2.11. The number of halogens is 1. The normalized spacial score (nSPS) is 10.8. The third kappa shape index (κ3) is 3.24. The highest BCUT2D eigenvalue weighted by molar-refractivity contribution is 7.15. The Morgan fingerprint density at radius 2 is 1.87 bits per heavy atom. The van der Waals surface area contributed by atoms with Crippen LogP contribution in [0.4, 0.5) is 0 Å². The summed E-state index contributed by atoms with van der Waals surface area (Å²) < 4.78 is 0.733. The molecule has 2 aromatic heterocycles. The summed E-state index contributed by atoms with van der Waals surface area (Å²) in [6.07, 6.45) is 3.57. The summed E-state index contributed by atoms with van der Waals surface area (Å²) in [5.41, 5.74) is 0. The predicted octanol–water partition coefficient (Wildman–Crippen LogP) is 2.85. The third-order valence-electron chi connectivity index (χ3n) is 1.75. The Morgan fingerprint density at radius 1 is 1.20 bits per heavy atom. The van der Waals surface area contributed by atoms with Crippen molar-refractivity contribution in [3.05, 3.63) is 31.6 Å². The fourth-order valence-corrected chi connectivity index (χ4v) is 2.81. The highest BCUT2D eigenvalue weighted by atomic mass is 35.5. The first-order chi connectivity index (χ1) is 7.24. The number of nitrogens with zero attached hydrogens (tertiary/aromatic N) is 2. The first-order valence-electron chi connectivity index (χ1n) is 4.46. The average Bonchev–Trinajstić information content (AvgIpc) is 2.76. The van der Waals surface area contributed by atoms with E-state index >= 15 is 0 Å². The van der Waals surface area contributed by atoms with Crippen LogP contribution >= 0.6 is 34.3 Å². The predicted molar refractivity (Wildman–Crippen MR) is 64.5 cm³/mol. The number of aryl methyl sites for hydroxylation is 1. The van der Waals surface area contributed by atoms with Crippen LogP contribution in [0.1, 0.15) is 14.9 Å². The van der Waals surface area contributed by atoms with Crippen molar-refractivity contribution < 1.29 is 0 Å². The van der Waals surface area contributed by atoms with Gasteiger partial charge in [-0.1, -0.05) is 11.6 Å². The molecule has 0 aliphatic rings. The van der Waals surface area contributed by atoms with Crippen LogP contribution < -0.4 is 5.32 Å². The molecule has 80 valence electrons. The summed E-state index contributed by atoms with van der Waals surface area (Å²) in [6.45, 7) is 3.59. The Hall–Kier alpha value is -0.490. The molecule has 2 rings (SSSR count). The van der Waals surface area contributed by atoms with Gasteiger partial charge in [-0.25, -0.2) is 9.97 Å². The number of rotatable bonds is 4. The van der Waals surface area contributed by atoms with E-state index < -0.39 is 0 Å². The second-order valence-electron chi connectivity index (χ2n) is 3.03. The molecule has 6 heteroatoms. The minimum absolute atomic E-state index is 0.733. The maximum absolute atomic E-state index is 5.78. The Bertz CT molecular complexity index is 398. The van der Waals surface area contributed by atoms with Crippen molar-refractivity contribution in [1.29, 1.82) is 0 Å². The van der Waals surface area contributed by atoms with Crippen molar-refractivity contribution in [1.82, 2.24) is 15.3 Å². The molecule has 0 fully saturated rings. The largest absolute Gasteiger partial charge is 0.304 e. The second-order valence-corrected chi connectivity index (χ2v) is 6.09. The van der Waals surface area contributed by atoms with Gasteiger partial charge < -0.3 is 5.32 Å². The van der Waals surface area contributed by atoms with Crippen LogP contribution in [0.15, 0.2) is 12.4 Å². The molecule has 1 N–H and O–H groups in total. The molecule has 0 spiro atoms. The van der Waals surface area contributed by atoms with Crippen LogP contribution in [-0.4, -0.2) is 9.97 Å². The van der Waals surface area contributed by atoms with E-state index in [1.165, 1.54) is 16.2 Å². The fraction of sp³-hybridized carbons (Fsp3) is 0.333. The van der Waals surface area contributed by atoms with Crippen LogP contribution in [-0.2, 0) is 13.1 Å². The van der Waals surface area contributed by atoms with Gasteiger partial charge in [0.1, 0.15) is 14.4 Å². The van der Waals surface area contributed by atoms with Gasteiger partial charge in [-0.2, -0.15) is 0 Å². The summed E-state index contributed by atoms with van der Waals surface area (Å²) in [7, 11) is 0. The molecule has 0 unspecified atom stereocenters. The number of aromatic nitrogens is 2. The van der Waals surface area contributed by atoms with Crippen LogP contribution in [0.3, 0.4) is 0 Å². The van der Waals surface area contributed by atoms with Gasteiger partial charge in [-0.15, -0.1) is 22.7 Å². The van der Waals surface area contributed by atoms with E-state index in [1.807, 2.05) is 6.20 Å². The SMILES string of the molecule is Cc1cnc(CNCc2ncc(Cl)s2)s1. The number of nitrogens with one attached hydrogen (secondary N) is 1. The summed E-state index contributed by atoms with van der Waals surface area (Å²) in [5.74, 6) is 0. The monoisotopic (exact) mass is 259 g/mol. The van der Waals surface area contributed by atoms with Crippen LogP contribution in [0.2, 0.25) is 4.34 Å². The van der Waals surface area contributed by atoms with Crippen molar-refractivity contribution in [3.63, 3.8) is 0 Å². The van der Waals surface area contributed by atoms with Gasteiger partial charge in [0.25, 0.3) is 0 Å². The van der Waals surface area contributed by atoms with Gasteiger partial charge in [-0.3, -0.25) is 0 Å². The summed E-state index contributed by atoms with van der Waals surface area (Å²) >= 11 is 8.99. The van der Waals surface area contributed by atoms with Gasteiger partial charge in [0, 0.05) is 24.2 Å². The van der Waals surface area contributed by atoms with Crippen LogP contribution in [0.25, 0.3) is 0 Å². The molecule has 0 aromatic carbocycles. The molecule has 0 atom stereocenters. The minimum atomic E-state index is 0.733. The Labute approximate surface area is 101 Å². The molecule has 0 saturated carbocycles. The van der Waals surface area contributed by atoms with Gasteiger partial charge in [0.2, 0.25) is 0 Å². The molecule has 0 amide bonds. The quantitative estimate of drug-likeness (QED) is 0.918. The van der Waals surface area contributed by atoms with Crippen molar-refractivity contribution in [3.8, 4) is 0 Å². The maximum atomic E-state index is 5.78. The van der Waals surface area contributed by atoms with E-state index in [4.69, 9.17) is 11.6 Å². The van der Waals surface area contributed by atoms with Crippen LogP contribution in [0, 0.1) is 6.92 Å².